The number of anilines is 1. The molecule has 2 heterocycles. The van der Waals surface area contributed by atoms with E-state index in [1.165, 1.54) is 5.69 Å². The van der Waals surface area contributed by atoms with Gasteiger partial charge in [-0.15, -0.1) is 0 Å². The summed E-state index contributed by atoms with van der Waals surface area (Å²) in [6, 6.07) is 14.1. The second-order valence-electron chi connectivity index (χ2n) is 6.56. The number of carbonyl (C=O) groups excluding carboxylic acids is 1. The molecule has 1 aliphatic rings. The van der Waals surface area contributed by atoms with Crippen LogP contribution in [0.3, 0.4) is 0 Å². The standard InChI is InChI=1S/C20H26N4O/c1-16-14-19(8-9-21-16)24-12-10-23(11-13-24)17(2)20(25)22-15-18-6-4-3-5-7-18/h3-9,14,17H,10-13,15H2,1-2H3,(H,22,25)/t17-/m1/s1. The highest BCUT2D eigenvalue weighted by molar-refractivity contribution is 5.81. The Morgan fingerprint density at radius 2 is 1.88 bits per heavy atom. The Kier molecular flexibility index (Phi) is 5.66. The summed E-state index contributed by atoms with van der Waals surface area (Å²) >= 11 is 0. The highest BCUT2D eigenvalue weighted by Crippen LogP contribution is 2.17. The van der Waals surface area contributed by atoms with Crippen LogP contribution in [0.5, 0.6) is 0 Å². The fourth-order valence-corrected chi connectivity index (χ4v) is 3.19. The van der Waals surface area contributed by atoms with Gasteiger partial charge in [0.2, 0.25) is 5.91 Å². The zero-order valence-electron chi connectivity index (χ0n) is 15.0. The largest absolute Gasteiger partial charge is 0.369 e. The minimum atomic E-state index is -0.106. The van der Waals surface area contributed by atoms with E-state index < -0.39 is 0 Å². The minimum Gasteiger partial charge on any atom is -0.369 e. The maximum Gasteiger partial charge on any atom is 0.237 e. The summed E-state index contributed by atoms with van der Waals surface area (Å²) in [5.74, 6) is 0.0945. The number of hydrogen-bond acceptors (Lipinski definition) is 4. The number of piperazine rings is 1. The predicted molar refractivity (Wildman–Crippen MR) is 101 cm³/mol. The molecule has 0 radical (unpaired) electrons. The third-order valence-electron chi connectivity index (χ3n) is 4.80. The van der Waals surface area contributed by atoms with Crippen LogP contribution in [-0.4, -0.2) is 48.0 Å². The lowest BCUT2D eigenvalue weighted by Gasteiger charge is -2.38. The van der Waals surface area contributed by atoms with Crippen LogP contribution in [0, 0.1) is 6.92 Å². The van der Waals surface area contributed by atoms with Gasteiger partial charge in [-0.2, -0.15) is 0 Å². The van der Waals surface area contributed by atoms with Crippen LogP contribution >= 0.6 is 0 Å². The van der Waals surface area contributed by atoms with Gasteiger partial charge >= 0.3 is 0 Å². The number of pyridine rings is 1. The molecule has 132 valence electrons. The molecule has 1 saturated heterocycles. The van der Waals surface area contributed by atoms with Gasteiger partial charge in [-0.1, -0.05) is 30.3 Å². The van der Waals surface area contributed by atoms with E-state index in [9.17, 15) is 4.79 Å². The van der Waals surface area contributed by atoms with Crippen molar-refractivity contribution in [3.05, 3.63) is 59.9 Å². The number of benzene rings is 1. The minimum absolute atomic E-state index is 0.0945. The van der Waals surface area contributed by atoms with E-state index in [-0.39, 0.29) is 11.9 Å². The zero-order chi connectivity index (χ0) is 17.6. The Morgan fingerprint density at radius 1 is 1.16 bits per heavy atom. The maximum atomic E-state index is 12.4. The van der Waals surface area contributed by atoms with Crippen LogP contribution in [0.15, 0.2) is 48.7 Å². The Balaban J connectivity index is 1.49. The molecule has 1 aliphatic heterocycles. The molecule has 2 aromatic rings. The molecule has 1 N–H and O–H groups in total. The van der Waals surface area contributed by atoms with Gasteiger partial charge in [0.25, 0.3) is 0 Å². The fraction of sp³-hybridized carbons (Fsp3) is 0.400. The number of aryl methyl sites for hydroxylation is 1. The average molecular weight is 338 g/mol. The topological polar surface area (TPSA) is 48.5 Å². The third-order valence-corrected chi connectivity index (χ3v) is 4.80. The number of nitrogens with one attached hydrogen (secondary N) is 1. The van der Waals surface area contributed by atoms with Crippen molar-refractivity contribution < 1.29 is 4.79 Å². The molecule has 1 aromatic heterocycles. The monoisotopic (exact) mass is 338 g/mol. The van der Waals surface area contributed by atoms with Crippen molar-refractivity contribution in [1.82, 2.24) is 15.2 Å². The number of amides is 1. The molecule has 0 unspecified atom stereocenters. The predicted octanol–water partition coefficient (Wildman–Crippen LogP) is 2.22. The Morgan fingerprint density at radius 3 is 2.56 bits per heavy atom. The van der Waals surface area contributed by atoms with Gasteiger partial charge in [-0.05, 0) is 31.5 Å². The van der Waals surface area contributed by atoms with E-state index in [2.05, 4.69) is 32.2 Å². The Labute approximate surface area is 149 Å². The fourth-order valence-electron chi connectivity index (χ4n) is 3.19. The summed E-state index contributed by atoms with van der Waals surface area (Å²) < 4.78 is 0. The van der Waals surface area contributed by atoms with Gasteiger partial charge in [-0.3, -0.25) is 14.7 Å². The number of carbonyl (C=O) groups is 1. The quantitative estimate of drug-likeness (QED) is 0.908. The van der Waals surface area contributed by atoms with E-state index in [0.29, 0.717) is 6.54 Å². The SMILES string of the molecule is Cc1cc(N2CCN([C@H](C)C(=O)NCc3ccccc3)CC2)ccn1. The lowest BCUT2D eigenvalue weighted by molar-refractivity contribution is -0.126. The first-order valence-electron chi connectivity index (χ1n) is 8.87. The van der Waals surface area contributed by atoms with E-state index in [0.717, 1.165) is 37.4 Å². The molecule has 5 nitrogen and oxygen atoms in total. The van der Waals surface area contributed by atoms with Gasteiger partial charge in [0.05, 0.1) is 6.04 Å². The molecule has 0 spiro atoms. The van der Waals surface area contributed by atoms with Crippen molar-refractivity contribution in [2.45, 2.75) is 26.4 Å². The Hall–Kier alpha value is -2.40. The van der Waals surface area contributed by atoms with Crippen LogP contribution in [0.4, 0.5) is 5.69 Å². The van der Waals surface area contributed by atoms with Gasteiger partial charge in [0.15, 0.2) is 0 Å². The Bertz CT molecular complexity index is 696. The van der Waals surface area contributed by atoms with Crippen molar-refractivity contribution in [1.29, 1.82) is 0 Å². The van der Waals surface area contributed by atoms with Gasteiger partial charge in [-0.25, -0.2) is 0 Å². The van der Waals surface area contributed by atoms with Gasteiger partial charge in [0, 0.05) is 50.3 Å². The smallest absolute Gasteiger partial charge is 0.237 e. The number of aromatic nitrogens is 1. The molecular formula is C20H26N4O. The van der Waals surface area contributed by atoms with Crippen LogP contribution in [-0.2, 0) is 11.3 Å². The maximum absolute atomic E-state index is 12.4. The summed E-state index contributed by atoms with van der Waals surface area (Å²) in [6.45, 7) is 8.23. The van der Waals surface area contributed by atoms with E-state index in [4.69, 9.17) is 0 Å². The first-order valence-corrected chi connectivity index (χ1v) is 8.87. The summed E-state index contributed by atoms with van der Waals surface area (Å²) in [5.41, 5.74) is 3.38. The number of nitrogens with zero attached hydrogens (tertiary/aromatic N) is 3. The van der Waals surface area contributed by atoms with E-state index in [1.807, 2.05) is 50.4 Å². The lowest BCUT2D eigenvalue weighted by atomic mass is 10.2. The van der Waals surface area contributed by atoms with Crippen molar-refractivity contribution >= 4 is 11.6 Å². The number of hydrogen-bond donors (Lipinski definition) is 1. The summed E-state index contributed by atoms with van der Waals surface area (Å²) in [4.78, 5) is 21.3. The van der Waals surface area contributed by atoms with Crippen molar-refractivity contribution in [2.75, 3.05) is 31.1 Å². The first kappa shape index (κ1) is 17.4. The highest BCUT2D eigenvalue weighted by atomic mass is 16.2. The molecule has 1 atom stereocenters. The normalized spacial score (nSPS) is 16.5. The molecule has 25 heavy (non-hydrogen) atoms. The van der Waals surface area contributed by atoms with Crippen molar-refractivity contribution in [3.63, 3.8) is 0 Å². The summed E-state index contributed by atoms with van der Waals surface area (Å²) in [5, 5.41) is 3.04. The summed E-state index contributed by atoms with van der Waals surface area (Å²) in [6.07, 6.45) is 1.86. The average Bonchev–Trinajstić information content (AvgIpc) is 2.66. The molecule has 0 aliphatic carbocycles. The molecule has 1 amide bonds. The van der Waals surface area contributed by atoms with Crippen LogP contribution < -0.4 is 10.2 Å². The van der Waals surface area contributed by atoms with Crippen LogP contribution in [0.25, 0.3) is 0 Å². The molecule has 1 aromatic carbocycles. The van der Waals surface area contributed by atoms with Crippen molar-refractivity contribution in [2.24, 2.45) is 0 Å². The number of rotatable bonds is 5. The molecule has 0 saturated carbocycles. The van der Waals surface area contributed by atoms with E-state index >= 15 is 0 Å². The van der Waals surface area contributed by atoms with Gasteiger partial charge < -0.3 is 10.2 Å². The molecule has 1 fully saturated rings. The van der Waals surface area contributed by atoms with Crippen LogP contribution in [0.1, 0.15) is 18.2 Å². The summed E-state index contributed by atoms with van der Waals surface area (Å²) in [7, 11) is 0. The van der Waals surface area contributed by atoms with Crippen molar-refractivity contribution in [3.8, 4) is 0 Å². The second kappa shape index (κ2) is 8.12. The third kappa shape index (κ3) is 4.57. The molecule has 0 bridgehead atoms. The molecular weight excluding hydrogens is 312 g/mol. The lowest BCUT2D eigenvalue weighted by Crippen LogP contribution is -2.53. The molecule has 3 rings (SSSR count). The molecule has 5 heteroatoms. The second-order valence-corrected chi connectivity index (χ2v) is 6.56. The first-order chi connectivity index (χ1) is 12.1. The highest BCUT2D eigenvalue weighted by Gasteiger charge is 2.25. The van der Waals surface area contributed by atoms with Gasteiger partial charge in [0.1, 0.15) is 0 Å². The van der Waals surface area contributed by atoms with Crippen LogP contribution in [0.2, 0.25) is 0 Å². The van der Waals surface area contributed by atoms with E-state index in [1.54, 1.807) is 0 Å². The zero-order valence-corrected chi connectivity index (χ0v) is 15.0.